The molecule has 1 amide bonds. The van der Waals surface area contributed by atoms with Gasteiger partial charge in [-0.1, -0.05) is 30.3 Å². The van der Waals surface area contributed by atoms with E-state index in [1.54, 1.807) is 0 Å². The molecule has 0 N–H and O–H groups in total. The molecular formula is C25H21N5O2. The van der Waals surface area contributed by atoms with Gasteiger partial charge in [0.1, 0.15) is 6.54 Å². The van der Waals surface area contributed by atoms with Gasteiger partial charge in [0.05, 0.1) is 17.1 Å². The van der Waals surface area contributed by atoms with Gasteiger partial charge in [-0.2, -0.15) is 0 Å². The minimum atomic E-state index is -0.114. The second kappa shape index (κ2) is 7.30. The number of hydrogen-bond acceptors (Lipinski definition) is 4. The lowest BCUT2D eigenvalue weighted by Crippen LogP contribution is -2.34. The third-order valence-electron chi connectivity index (χ3n) is 6.38. The molecule has 32 heavy (non-hydrogen) atoms. The number of amides is 1. The number of benzene rings is 2. The first-order valence-corrected chi connectivity index (χ1v) is 10.8. The van der Waals surface area contributed by atoms with Crippen LogP contribution in [0, 0.1) is 0 Å². The van der Waals surface area contributed by atoms with Crippen molar-refractivity contribution in [2.75, 3.05) is 6.54 Å². The van der Waals surface area contributed by atoms with Crippen molar-refractivity contribution < 1.29 is 4.79 Å². The second-order valence-corrected chi connectivity index (χ2v) is 8.18. The molecule has 158 valence electrons. The van der Waals surface area contributed by atoms with E-state index in [1.165, 1.54) is 0 Å². The Kier molecular flexibility index (Phi) is 4.28. The SMILES string of the molecule is O=C(Cn1c2ccccc2c(=O)c2ccccc21)N1CCCC1c1nnc2ccccn12. The third-order valence-corrected chi connectivity index (χ3v) is 6.38. The highest BCUT2D eigenvalue weighted by Gasteiger charge is 2.33. The first-order chi connectivity index (χ1) is 15.7. The molecule has 1 aliphatic rings. The third kappa shape index (κ3) is 2.81. The minimum absolute atomic E-state index is 0.00567. The van der Waals surface area contributed by atoms with E-state index in [2.05, 4.69) is 10.2 Å². The number of carbonyl (C=O) groups is 1. The van der Waals surface area contributed by atoms with E-state index in [0.29, 0.717) is 17.3 Å². The fourth-order valence-electron chi connectivity index (χ4n) is 4.89. The van der Waals surface area contributed by atoms with Crippen molar-refractivity contribution in [3.63, 3.8) is 0 Å². The number of hydrogen-bond donors (Lipinski definition) is 0. The van der Waals surface area contributed by atoms with Crippen LogP contribution in [0.1, 0.15) is 24.7 Å². The van der Waals surface area contributed by atoms with Gasteiger partial charge in [-0.05, 0) is 49.2 Å². The largest absolute Gasteiger partial charge is 0.331 e. The van der Waals surface area contributed by atoms with Gasteiger partial charge in [0.25, 0.3) is 0 Å². The number of aromatic nitrogens is 4. The van der Waals surface area contributed by atoms with E-state index in [1.807, 2.05) is 86.8 Å². The van der Waals surface area contributed by atoms with Crippen LogP contribution in [0.15, 0.2) is 77.7 Å². The van der Waals surface area contributed by atoms with Crippen LogP contribution in [0.5, 0.6) is 0 Å². The van der Waals surface area contributed by atoms with Crippen molar-refractivity contribution in [3.05, 3.63) is 89.0 Å². The van der Waals surface area contributed by atoms with E-state index >= 15 is 0 Å². The number of para-hydroxylation sites is 2. The van der Waals surface area contributed by atoms with Gasteiger partial charge in [0.15, 0.2) is 16.9 Å². The quantitative estimate of drug-likeness (QED) is 0.416. The Bertz CT molecular complexity index is 1490. The lowest BCUT2D eigenvalue weighted by Gasteiger charge is -2.25. The van der Waals surface area contributed by atoms with Crippen LogP contribution >= 0.6 is 0 Å². The smallest absolute Gasteiger partial charge is 0.243 e. The van der Waals surface area contributed by atoms with Crippen molar-refractivity contribution in [3.8, 4) is 0 Å². The molecule has 4 heterocycles. The minimum Gasteiger partial charge on any atom is -0.331 e. The first kappa shape index (κ1) is 18.7. The summed E-state index contributed by atoms with van der Waals surface area (Å²) in [5.74, 6) is 0.806. The number of rotatable bonds is 3. The monoisotopic (exact) mass is 423 g/mol. The predicted molar refractivity (Wildman–Crippen MR) is 122 cm³/mol. The number of nitrogens with zero attached hydrogens (tertiary/aromatic N) is 5. The van der Waals surface area contributed by atoms with Crippen molar-refractivity contribution in [2.45, 2.75) is 25.4 Å². The number of pyridine rings is 2. The second-order valence-electron chi connectivity index (χ2n) is 8.18. The van der Waals surface area contributed by atoms with E-state index < -0.39 is 0 Å². The Morgan fingerprint density at radius 1 is 0.906 bits per heavy atom. The molecule has 6 rings (SSSR count). The van der Waals surface area contributed by atoms with Crippen LogP contribution in [0.25, 0.3) is 27.5 Å². The van der Waals surface area contributed by atoms with Crippen LogP contribution in [0.4, 0.5) is 0 Å². The Balaban J connectivity index is 1.43. The average molecular weight is 423 g/mol. The Morgan fingerprint density at radius 3 is 2.34 bits per heavy atom. The van der Waals surface area contributed by atoms with E-state index in [-0.39, 0.29) is 23.9 Å². The Labute approximate surface area is 183 Å². The highest BCUT2D eigenvalue weighted by atomic mass is 16.2. The number of likely N-dealkylation sites (tertiary alicyclic amines) is 1. The summed E-state index contributed by atoms with van der Waals surface area (Å²) < 4.78 is 3.92. The maximum atomic E-state index is 13.6. The first-order valence-electron chi connectivity index (χ1n) is 10.8. The molecule has 0 aliphatic carbocycles. The maximum absolute atomic E-state index is 13.6. The van der Waals surface area contributed by atoms with Crippen molar-refractivity contribution in [1.82, 2.24) is 24.1 Å². The topological polar surface area (TPSA) is 72.5 Å². The summed E-state index contributed by atoms with van der Waals surface area (Å²) in [7, 11) is 0. The van der Waals surface area contributed by atoms with E-state index in [0.717, 1.165) is 35.3 Å². The predicted octanol–water partition coefficient (Wildman–Crippen LogP) is 3.56. The fraction of sp³-hybridized carbons (Fsp3) is 0.200. The van der Waals surface area contributed by atoms with Crippen LogP contribution in [-0.2, 0) is 11.3 Å². The summed E-state index contributed by atoms with van der Waals surface area (Å²) in [5, 5.41) is 9.92. The molecule has 1 atom stereocenters. The summed E-state index contributed by atoms with van der Waals surface area (Å²) in [4.78, 5) is 28.5. The molecule has 1 unspecified atom stereocenters. The van der Waals surface area contributed by atoms with Gasteiger partial charge in [0, 0.05) is 23.5 Å². The van der Waals surface area contributed by atoms with Gasteiger partial charge in [0.2, 0.25) is 5.91 Å². The zero-order chi connectivity index (χ0) is 21.7. The van der Waals surface area contributed by atoms with E-state index in [4.69, 9.17) is 0 Å². The van der Waals surface area contributed by atoms with E-state index in [9.17, 15) is 9.59 Å². The molecule has 2 aromatic carbocycles. The Morgan fingerprint density at radius 2 is 1.59 bits per heavy atom. The summed E-state index contributed by atoms with van der Waals surface area (Å²) in [6.07, 6.45) is 3.71. The molecule has 3 aromatic heterocycles. The van der Waals surface area contributed by atoms with Crippen LogP contribution < -0.4 is 5.43 Å². The van der Waals surface area contributed by atoms with Crippen LogP contribution in [0.2, 0.25) is 0 Å². The standard InChI is InChI=1S/C25H21N5O2/c31-23(28-15-7-12-21(28)25-27-26-22-13-5-6-14-29(22)25)16-30-19-10-3-1-8-17(19)24(32)18-9-2-4-11-20(18)30/h1-6,8-11,13-14,21H,7,12,15-16H2. The summed E-state index contributed by atoms with van der Waals surface area (Å²) in [6, 6.07) is 20.7. The fourth-order valence-corrected chi connectivity index (χ4v) is 4.89. The maximum Gasteiger partial charge on any atom is 0.243 e. The molecule has 7 nitrogen and oxygen atoms in total. The summed E-state index contributed by atoms with van der Waals surface area (Å²) in [5.41, 5.74) is 2.31. The molecule has 7 heteroatoms. The lowest BCUT2D eigenvalue weighted by atomic mass is 10.1. The molecule has 1 fully saturated rings. The van der Waals surface area contributed by atoms with Crippen molar-refractivity contribution in [2.24, 2.45) is 0 Å². The van der Waals surface area contributed by atoms with Crippen molar-refractivity contribution in [1.29, 1.82) is 0 Å². The molecule has 5 aromatic rings. The lowest BCUT2D eigenvalue weighted by molar-refractivity contribution is -0.132. The molecule has 0 spiro atoms. The molecule has 1 aliphatic heterocycles. The molecule has 0 bridgehead atoms. The van der Waals surface area contributed by atoms with Gasteiger partial charge in [-0.3, -0.25) is 14.0 Å². The van der Waals surface area contributed by atoms with Gasteiger partial charge in [-0.15, -0.1) is 10.2 Å². The highest BCUT2D eigenvalue weighted by molar-refractivity contribution is 5.94. The van der Waals surface area contributed by atoms with Crippen LogP contribution in [0.3, 0.4) is 0 Å². The molecule has 1 saturated heterocycles. The normalized spacial score (nSPS) is 16.4. The van der Waals surface area contributed by atoms with Crippen LogP contribution in [-0.4, -0.2) is 36.5 Å². The molecule has 0 radical (unpaired) electrons. The van der Waals surface area contributed by atoms with Gasteiger partial charge < -0.3 is 9.47 Å². The number of fused-ring (bicyclic) bond motifs is 3. The summed E-state index contributed by atoms with van der Waals surface area (Å²) >= 11 is 0. The zero-order valence-corrected chi connectivity index (χ0v) is 17.4. The van der Waals surface area contributed by atoms with Gasteiger partial charge >= 0.3 is 0 Å². The molecule has 0 saturated carbocycles. The molecular weight excluding hydrogens is 402 g/mol. The van der Waals surface area contributed by atoms with Gasteiger partial charge in [-0.25, -0.2) is 0 Å². The van der Waals surface area contributed by atoms with Crippen molar-refractivity contribution >= 4 is 33.4 Å². The number of carbonyl (C=O) groups excluding carboxylic acids is 1. The zero-order valence-electron chi connectivity index (χ0n) is 17.4. The highest BCUT2D eigenvalue weighted by Crippen LogP contribution is 2.32. The average Bonchev–Trinajstić information content (AvgIpc) is 3.48. The Hall–Kier alpha value is -4.00. The summed E-state index contributed by atoms with van der Waals surface area (Å²) in [6.45, 7) is 0.843.